The Hall–Kier alpha value is -1.49. The molecular weight excluding hydrogens is 264 g/mol. The molecule has 108 valence electrons. The van der Waals surface area contributed by atoms with E-state index in [1.165, 1.54) is 12.1 Å². The van der Waals surface area contributed by atoms with Gasteiger partial charge in [0.2, 0.25) is 0 Å². The lowest BCUT2D eigenvalue weighted by Crippen LogP contribution is -2.39. The molecule has 1 aromatic rings. The van der Waals surface area contributed by atoms with Crippen LogP contribution in [0.1, 0.15) is 24.8 Å². The van der Waals surface area contributed by atoms with E-state index in [-0.39, 0.29) is 18.0 Å². The molecule has 2 fully saturated rings. The number of hydrogen-bond acceptors (Lipinski definition) is 2. The van der Waals surface area contributed by atoms with Gasteiger partial charge >= 0.3 is 5.97 Å². The highest BCUT2D eigenvalue weighted by atomic mass is 19.2. The van der Waals surface area contributed by atoms with Gasteiger partial charge < -0.3 is 5.11 Å². The maximum absolute atomic E-state index is 13.7. The minimum atomic E-state index is -0.881. The summed E-state index contributed by atoms with van der Waals surface area (Å²) >= 11 is 0. The van der Waals surface area contributed by atoms with Crippen LogP contribution in [0, 0.1) is 23.5 Å². The molecule has 3 rings (SSSR count). The highest BCUT2D eigenvalue weighted by Gasteiger charge is 2.47. The minimum absolute atomic E-state index is 0.157. The van der Waals surface area contributed by atoms with Gasteiger partial charge in [0, 0.05) is 18.7 Å². The van der Waals surface area contributed by atoms with E-state index in [4.69, 9.17) is 0 Å². The minimum Gasteiger partial charge on any atom is -0.480 e. The number of benzene rings is 1. The van der Waals surface area contributed by atoms with Crippen molar-refractivity contribution in [2.75, 3.05) is 6.54 Å². The van der Waals surface area contributed by atoms with Crippen molar-refractivity contribution in [3.63, 3.8) is 0 Å². The quantitative estimate of drug-likeness (QED) is 0.926. The van der Waals surface area contributed by atoms with E-state index in [1.54, 1.807) is 4.90 Å². The van der Waals surface area contributed by atoms with Crippen molar-refractivity contribution < 1.29 is 18.7 Å². The van der Waals surface area contributed by atoms with Gasteiger partial charge in [0.15, 0.2) is 11.6 Å². The van der Waals surface area contributed by atoms with Crippen LogP contribution in [0.2, 0.25) is 0 Å². The zero-order chi connectivity index (χ0) is 14.3. The Labute approximate surface area is 116 Å². The topological polar surface area (TPSA) is 40.5 Å². The fraction of sp³-hybridized carbons (Fsp3) is 0.533. The first-order valence-corrected chi connectivity index (χ1v) is 6.97. The highest BCUT2D eigenvalue weighted by Crippen LogP contribution is 2.42. The number of fused-ring (bicyclic) bond motifs is 1. The molecule has 0 spiro atoms. The van der Waals surface area contributed by atoms with Crippen LogP contribution in [-0.2, 0) is 11.3 Å². The number of aliphatic carboxylic acids is 1. The molecule has 3 nitrogen and oxygen atoms in total. The summed E-state index contributed by atoms with van der Waals surface area (Å²) in [5, 5.41) is 9.42. The molecule has 3 atom stereocenters. The molecule has 1 saturated carbocycles. The zero-order valence-corrected chi connectivity index (χ0v) is 11.1. The number of hydrogen-bond donors (Lipinski definition) is 1. The molecule has 1 heterocycles. The van der Waals surface area contributed by atoms with Crippen LogP contribution in [0.5, 0.6) is 0 Å². The van der Waals surface area contributed by atoms with E-state index in [9.17, 15) is 18.7 Å². The molecule has 0 radical (unpaired) electrons. The smallest absolute Gasteiger partial charge is 0.321 e. The third kappa shape index (κ3) is 2.20. The fourth-order valence-corrected chi connectivity index (χ4v) is 3.79. The van der Waals surface area contributed by atoms with Crippen molar-refractivity contribution in [1.82, 2.24) is 4.90 Å². The summed E-state index contributed by atoms with van der Waals surface area (Å²) in [6.45, 7) is 0.825. The molecule has 1 aliphatic heterocycles. The molecule has 1 N–H and O–H groups in total. The highest BCUT2D eigenvalue weighted by molar-refractivity contribution is 5.74. The number of carboxylic acid groups (broad SMARTS) is 1. The number of likely N-dealkylation sites (tertiary alicyclic amines) is 1. The monoisotopic (exact) mass is 281 g/mol. The van der Waals surface area contributed by atoms with Gasteiger partial charge in [-0.2, -0.15) is 0 Å². The summed E-state index contributed by atoms with van der Waals surface area (Å²) in [4.78, 5) is 13.3. The molecule has 1 saturated heterocycles. The molecule has 0 bridgehead atoms. The molecule has 0 amide bonds. The maximum Gasteiger partial charge on any atom is 0.321 e. The van der Waals surface area contributed by atoms with E-state index < -0.39 is 23.6 Å². The van der Waals surface area contributed by atoms with Crippen molar-refractivity contribution in [2.45, 2.75) is 31.8 Å². The van der Waals surface area contributed by atoms with Gasteiger partial charge in [-0.3, -0.25) is 9.69 Å². The van der Waals surface area contributed by atoms with E-state index >= 15 is 0 Å². The van der Waals surface area contributed by atoms with Gasteiger partial charge in [0.05, 0.1) is 0 Å². The van der Waals surface area contributed by atoms with Crippen LogP contribution >= 0.6 is 0 Å². The number of carbonyl (C=O) groups is 1. The molecule has 2 aliphatic rings. The van der Waals surface area contributed by atoms with Crippen LogP contribution in [-0.4, -0.2) is 28.6 Å². The lowest BCUT2D eigenvalue weighted by atomic mass is 9.94. The van der Waals surface area contributed by atoms with Crippen molar-refractivity contribution in [3.05, 3.63) is 35.4 Å². The lowest BCUT2D eigenvalue weighted by molar-refractivity contribution is -0.143. The summed E-state index contributed by atoms with van der Waals surface area (Å²) in [6.07, 6.45) is 3.03. The Morgan fingerprint density at radius 1 is 1.35 bits per heavy atom. The third-order valence-electron chi connectivity index (χ3n) is 4.64. The first-order valence-electron chi connectivity index (χ1n) is 6.97. The number of carboxylic acids is 1. The Morgan fingerprint density at radius 3 is 2.90 bits per heavy atom. The molecule has 20 heavy (non-hydrogen) atoms. The number of halogens is 2. The van der Waals surface area contributed by atoms with Crippen molar-refractivity contribution >= 4 is 5.97 Å². The first-order chi connectivity index (χ1) is 9.58. The van der Waals surface area contributed by atoms with E-state index in [0.717, 1.165) is 25.3 Å². The van der Waals surface area contributed by atoms with Gasteiger partial charge in [0.25, 0.3) is 0 Å². The van der Waals surface area contributed by atoms with Gasteiger partial charge in [-0.25, -0.2) is 8.78 Å². The Balaban J connectivity index is 1.83. The van der Waals surface area contributed by atoms with E-state index in [1.807, 2.05) is 0 Å². The fourth-order valence-electron chi connectivity index (χ4n) is 3.79. The van der Waals surface area contributed by atoms with Crippen LogP contribution in [0.15, 0.2) is 18.2 Å². The summed E-state index contributed by atoms with van der Waals surface area (Å²) in [5.41, 5.74) is 0.233. The third-order valence-corrected chi connectivity index (χ3v) is 4.64. The predicted octanol–water partition coefficient (Wildman–Crippen LogP) is 2.65. The molecule has 5 heteroatoms. The van der Waals surface area contributed by atoms with Crippen molar-refractivity contribution in [2.24, 2.45) is 11.8 Å². The average Bonchev–Trinajstić information content (AvgIpc) is 2.94. The van der Waals surface area contributed by atoms with Gasteiger partial charge in [-0.1, -0.05) is 18.6 Å². The van der Waals surface area contributed by atoms with Crippen LogP contribution < -0.4 is 0 Å². The number of rotatable bonds is 3. The van der Waals surface area contributed by atoms with Gasteiger partial charge in [-0.05, 0) is 30.7 Å². The Morgan fingerprint density at radius 2 is 2.15 bits per heavy atom. The summed E-state index contributed by atoms with van der Waals surface area (Å²) < 4.78 is 27.0. The van der Waals surface area contributed by atoms with E-state index in [0.29, 0.717) is 12.5 Å². The zero-order valence-electron chi connectivity index (χ0n) is 11.1. The second kappa shape index (κ2) is 5.13. The largest absolute Gasteiger partial charge is 0.480 e. The summed E-state index contributed by atoms with van der Waals surface area (Å²) in [7, 11) is 0. The normalized spacial score (nSPS) is 29.6. The Kier molecular flexibility index (Phi) is 3.46. The van der Waals surface area contributed by atoms with Crippen LogP contribution in [0.4, 0.5) is 8.78 Å². The maximum atomic E-state index is 13.7. The first kappa shape index (κ1) is 13.5. The van der Waals surface area contributed by atoms with Gasteiger partial charge in [-0.15, -0.1) is 0 Å². The molecule has 1 aliphatic carbocycles. The molecule has 1 aromatic carbocycles. The molecule has 0 aromatic heterocycles. The predicted molar refractivity (Wildman–Crippen MR) is 69.0 cm³/mol. The van der Waals surface area contributed by atoms with Crippen molar-refractivity contribution in [3.8, 4) is 0 Å². The van der Waals surface area contributed by atoms with Gasteiger partial charge in [0.1, 0.15) is 6.04 Å². The van der Waals surface area contributed by atoms with Crippen LogP contribution in [0.25, 0.3) is 0 Å². The molecular formula is C15H17F2NO2. The summed E-state index contributed by atoms with van der Waals surface area (Å²) in [5.74, 6) is -2.06. The lowest BCUT2D eigenvalue weighted by Gasteiger charge is -2.24. The Bertz CT molecular complexity index is 535. The second-order valence-corrected chi connectivity index (χ2v) is 5.78. The van der Waals surface area contributed by atoms with E-state index in [2.05, 4.69) is 0 Å². The number of nitrogens with zero attached hydrogens (tertiary/aromatic N) is 1. The summed E-state index contributed by atoms with van der Waals surface area (Å²) in [6, 6.07) is 3.49. The standard InChI is InChI=1S/C15H17F2NO2/c16-12-6-2-4-10(13(12)17)8-18-7-9-3-1-5-11(9)14(18)15(19)20/h2,4,6,9,11,14H,1,3,5,7-8H2,(H,19,20). The SMILES string of the molecule is O=C(O)C1C2CCCC2CN1Cc1cccc(F)c1F. The van der Waals surface area contributed by atoms with Crippen molar-refractivity contribution in [1.29, 1.82) is 0 Å². The average molecular weight is 281 g/mol. The second-order valence-electron chi connectivity index (χ2n) is 5.78. The molecule has 3 unspecified atom stereocenters. The van der Waals surface area contributed by atoms with Crippen LogP contribution in [0.3, 0.4) is 0 Å².